The fraction of sp³-hybridized carbons (Fsp3) is 0.588. The van der Waals surface area contributed by atoms with Crippen molar-refractivity contribution in [3.8, 4) is 0 Å². The van der Waals surface area contributed by atoms with E-state index in [1.165, 1.54) is 24.7 Å². The summed E-state index contributed by atoms with van der Waals surface area (Å²) in [7, 11) is 0. The van der Waals surface area contributed by atoms with Gasteiger partial charge in [-0.25, -0.2) is 0 Å². The van der Waals surface area contributed by atoms with Crippen LogP contribution < -0.4 is 11.1 Å². The van der Waals surface area contributed by atoms with Crippen molar-refractivity contribution in [2.24, 2.45) is 17.6 Å². The summed E-state index contributed by atoms with van der Waals surface area (Å²) in [5, 5.41) is 3.29. The molecule has 1 saturated carbocycles. The molecule has 0 radical (unpaired) electrons. The van der Waals surface area contributed by atoms with Crippen LogP contribution in [0.15, 0.2) is 29.2 Å². The maximum absolute atomic E-state index is 11.0. The second-order valence-corrected chi connectivity index (χ2v) is 7.66. The maximum Gasteiger partial charge on any atom is 0.221 e. The highest BCUT2D eigenvalue weighted by molar-refractivity contribution is 8.00. The molecule has 1 aliphatic carbocycles. The lowest BCUT2D eigenvalue weighted by Crippen LogP contribution is -2.39. The molecule has 116 valence electrons. The molecular weight excluding hydrogens is 280 g/mol. The lowest BCUT2D eigenvalue weighted by atomic mass is 9.79. The minimum absolute atomic E-state index is 0.0375. The fourth-order valence-corrected chi connectivity index (χ4v) is 4.22. The molecule has 0 aliphatic heterocycles. The fourth-order valence-electron chi connectivity index (χ4n) is 2.92. The molecule has 3 nitrogen and oxygen atoms in total. The van der Waals surface area contributed by atoms with Crippen LogP contribution in [-0.2, 0) is 4.79 Å². The smallest absolute Gasteiger partial charge is 0.221 e. The Morgan fingerprint density at radius 1 is 1.29 bits per heavy atom. The summed E-state index contributed by atoms with van der Waals surface area (Å²) >= 11 is 1.88. The number of carbonyl (C=O) groups is 1. The van der Waals surface area contributed by atoms with E-state index in [1.54, 1.807) is 0 Å². The molecule has 1 fully saturated rings. The third-order valence-electron chi connectivity index (χ3n) is 4.29. The molecule has 1 amide bonds. The molecule has 21 heavy (non-hydrogen) atoms. The second kappa shape index (κ2) is 7.32. The van der Waals surface area contributed by atoms with Gasteiger partial charge in [0.25, 0.3) is 0 Å². The van der Waals surface area contributed by atoms with E-state index in [4.69, 9.17) is 5.73 Å². The van der Waals surface area contributed by atoms with Gasteiger partial charge in [0.15, 0.2) is 0 Å². The number of nitrogens with one attached hydrogen (secondary N) is 1. The molecule has 4 heteroatoms. The molecule has 3 atom stereocenters. The zero-order valence-corrected chi connectivity index (χ0v) is 14.0. The summed E-state index contributed by atoms with van der Waals surface area (Å²) in [5.74, 6) is 1.49. The first-order chi connectivity index (χ1) is 9.95. The van der Waals surface area contributed by atoms with Gasteiger partial charge in [-0.05, 0) is 55.4 Å². The van der Waals surface area contributed by atoms with Crippen LogP contribution in [0.25, 0.3) is 0 Å². The normalized spacial score (nSPS) is 25.9. The highest BCUT2D eigenvalue weighted by atomic mass is 32.2. The Hall–Kier alpha value is -1.00. The topological polar surface area (TPSA) is 55.1 Å². The van der Waals surface area contributed by atoms with Crippen molar-refractivity contribution in [1.82, 2.24) is 0 Å². The molecule has 1 aromatic rings. The first kappa shape index (κ1) is 16.4. The number of thioether (sulfide) groups is 1. The van der Waals surface area contributed by atoms with E-state index in [1.807, 2.05) is 23.9 Å². The van der Waals surface area contributed by atoms with Crippen molar-refractivity contribution < 1.29 is 4.79 Å². The number of hydrogen-bond acceptors (Lipinski definition) is 3. The monoisotopic (exact) mass is 306 g/mol. The van der Waals surface area contributed by atoms with Crippen LogP contribution in [0.3, 0.4) is 0 Å². The largest absolute Gasteiger partial charge is 0.327 e. The Labute approximate surface area is 132 Å². The molecule has 3 N–H and O–H groups in total. The Kier molecular flexibility index (Phi) is 5.71. The molecule has 0 aromatic heterocycles. The molecule has 1 aromatic carbocycles. The Morgan fingerprint density at radius 2 is 1.95 bits per heavy atom. The highest BCUT2D eigenvalue weighted by Gasteiger charge is 2.30. The van der Waals surface area contributed by atoms with Gasteiger partial charge >= 0.3 is 0 Å². The lowest BCUT2D eigenvalue weighted by molar-refractivity contribution is -0.114. The van der Waals surface area contributed by atoms with Crippen molar-refractivity contribution in [3.05, 3.63) is 24.3 Å². The standard InChI is InChI=1S/C17H26N2OS/c1-11(2)13-4-9-16(18)17(10-13)21-15-7-5-14(6-8-15)19-12(3)20/h5-8,11,13,16-17H,4,9-10,18H2,1-3H3,(H,19,20). The average molecular weight is 306 g/mol. The van der Waals surface area contributed by atoms with Crippen LogP contribution >= 0.6 is 11.8 Å². The van der Waals surface area contributed by atoms with E-state index < -0.39 is 0 Å². The van der Waals surface area contributed by atoms with Crippen molar-refractivity contribution in [2.45, 2.75) is 56.2 Å². The van der Waals surface area contributed by atoms with E-state index in [-0.39, 0.29) is 5.91 Å². The van der Waals surface area contributed by atoms with Gasteiger partial charge in [-0.15, -0.1) is 11.8 Å². The van der Waals surface area contributed by atoms with E-state index in [0.717, 1.165) is 23.9 Å². The summed E-state index contributed by atoms with van der Waals surface area (Å²) in [4.78, 5) is 12.3. The lowest BCUT2D eigenvalue weighted by Gasteiger charge is -2.35. The summed E-state index contributed by atoms with van der Waals surface area (Å²) in [6.45, 7) is 6.15. The first-order valence-electron chi connectivity index (χ1n) is 7.75. The van der Waals surface area contributed by atoms with Gasteiger partial charge in [0.1, 0.15) is 0 Å². The highest BCUT2D eigenvalue weighted by Crippen LogP contribution is 2.38. The van der Waals surface area contributed by atoms with Crippen LogP contribution in [0.1, 0.15) is 40.0 Å². The second-order valence-electron chi connectivity index (χ2n) is 6.34. The maximum atomic E-state index is 11.0. The summed E-state index contributed by atoms with van der Waals surface area (Å²) in [5.41, 5.74) is 7.15. The minimum atomic E-state index is -0.0375. The summed E-state index contributed by atoms with van der Waals surface area (Å²) < 4.78 is 0. The van der Waals surface area contributed by atoms with Gasteiger partial charge in [0.05, 0.1) is 0 Å². The van der Waals surface area contributed by atoms with Gasteiger partial charge < -0.3 is 11.1 Å². The molecule has 0 spiro atoms. The van der Waals surface area contributed by atoms with E-state index in [2.05, 4.69) is 31.3 Å². The zero-order valence-electron chi connectivity index (χ0n) is 13.1. The van der Waals surface area contributed by atoms with Gasteiger partial charge in [0, 0.05) is 28.8 Å². The number of rotatable bonds is 4. The number of nitrogens with two attached hydrogens (primary N) is 1. The molecule has 0 saturated heterocycles. The van der Waals surface area contributed by atoms with E-state index in [0.29, 0.717) is 11.3 Å². The number of hydrogen-bond donors (Lipinski definition) is 2. The molecule has 0 heterocycles. The Balaban J connectivity index is 1.97. The summed E-state index contributed by atoms with van der Waals surface area (Å²) in [6, 6.07) is 8.35. The van der Waals surface area contributed by atoms with Crippen LogP contribution in [-0.4, -0.2) is 17.2 Å². The quantitative estimate of drug-likeness (QED) is 0.887. The van der Waals surface area contributed by atoms with Crippen LogP contribution in [0.4, 0.5) is 5.69 Å². The number of anilines is 1. The molecule has 3 unspecified atom stereocenters. The van der Waals surface area contributed by atoms with Crippen molar-refractivity contribution in [3.63, 3.8) is 0 Å². The van der Waals surface area contributed by atoms with Crippen LogP contribution in [0, 0.1) is 11.8 Å². The Morgan fingerprint density at radius 3 is 2.52 bits per heavy atom. The van der Waals surface area contributed by atoms with Gasteiger partial charge in [-0.1, -0.05) is 13.8 Å². The number of carbonyl (C=O) groups excluding carboxylic acids is 1. The molecule has 1 aliphatic rings. The van der Waals surface area contributed by atoms with Crippen molar-refractivity contribution in [1.29, 1.82) is 0 Å². The van der Waals surface area contributed by atoms with Crippen LogP contribution in [0.2, 0.25) is 0 Å². The third-order valence-corrected chi connectivity index (χ3v) is 5.68. The van der Waals surface area contributed by atoms with Crippen molar-refractivity contribution in [2.75, 3.05) is 5.32 Å². The SMILES string of the molecule is CC(=O)Nc1ccc(SC2CC(C(C)C)CCC2N)cc1. The zero-order chi connectivity index (χ0) is 15.4. The number of amides is 1. The Bertz CT molecular complexity index is 472. The van der Waals surface area contributed by atoms with Gasteiger partial charge in [-0.3, -0.25) is 4.79 Å². The first-order valence-corrected chi connectivity index (χ1v) is 8.63. The average Bonchev–Trinajstić information content (AvgIpc) is 2.42. The summed E-state index contributed by atoms with van der Waals surface area (Å²) in [6.07, 6.45) is 3.60. The third kappa shape index (κ3) is 4.75. The predicted octanol–water partition coefficient (Wildman–Crippen LogP) is 3.89. The number of benzene rings is 1. The molecule has 0 bridgehead atoms. The van der Waals surface area contributed by atoms with Gasteiger partial charge in [-0.2, -0.15) is 0 Å². The van der Waals surface area contributed by atoms with Crippen molar-refractivity contribution >= 4 is 23.4 Å². The molecular formula is C17H26N2OS. The van der Waals surface area contributed by atoms with E-state index in [9.17, 15) is 4.79 Å². The van der Waals surface area contributed by atoms with Gasteiger partial charge in [0.2, 0.25) is 5.91 Å². The van der Waals surface area contributed by atoms with E-state index >= 15 is 0 Å². The van der Waals surface area contributed by atoms with Crippen LogP contribution in [0.5, 0.6) is 0 Å². The predicted molar refractivity (Wildman–Crippen MR) is 90.5 cm³/mol. The molecule has 2 rings (SSSR count). The minimum Gasteiger partial charge on any atom is -0.327 e.